The summed E-state index contributed by atoms with van der Waals surface area (Å²) in [6.45, 7) is 1.31. The highest BCUT2D eigenvalue weighted by Crippen LogP contribution is 2.22. The molecule has 0 atom stereocenters. The zero-order chi connectivity index (χ0) is 17.1. The summed E-state index contributed by atoms with van der Waals surface area (Å²) in [5.74, 6) is 0.344. The molecule has 1 amide bonds. The van der Waals surface area contributed by atoms with Crippen molar-refractivity contribution in [2.45, 2.75) is 19.4 Å². The molecule has 126 valence electrons. The van der Waals surface area contributed by atoms with Crippen molar-refractivity contribution < 1.29 is 9.18 Å². The third-order valence-electron chi connectivity index (χ3n) is 3.92. The Labute approximate surface area is 140 Å². The molecule has 3 rings (SSSR count). The van der Waals surface area contributed by atoms with Crippen molar-refractivity contribution in [1.29, 1.82) is 0 Å². The van der Waals surface area contributed by atoms with E-state index in [1.54, 1.807) is 19.0 Å². The molecule has 0 unspecified atom stereocenters. The highest BCUT2D eigenvalue weighted by Gasteiger charge is 2.21. The minimum Gasteiger partial charge on any atom is -0.360 e. The molecule has 7 heteroatoms. The number of carbonyl (C=O) groups is 1. The predicted molar refractivity (Wildman–Crippen MR) is 91.7 cm³/mol. The normalized spacial score (nSPS) is 14.1. The van der Waals surface area contributed by atoms with E-state index in [1.807, 2.05) is 29.2 Å². The molecule has 0 radical (unpaired) electrons. The number of halogens is 1. The number of amides is 1. The third kappa shape index (κ3) is 3.45. The molecule has 2 aromatic rings. The van der Waals surface area contributed by atoms with E-state index < -0.39 is 5.82 Å². The first-order valence-electron chi connectivity index (χ1n) is 7.87. The maximum absolute atomic E-state index is 13.6. The van der Waals surface area contributed by atoms with Gasteiger partial charge in [0.15, 0.2) is 11.6 Å². The summed E-state index contributed by atoms with van der Waals surface area (Å²) in [6, 6.07) is 7.81. The van der Waals surface area contributed by atoms with Gasteiger partial charge in [-0.3, -0.25) is 4.79 Å². The number of rotatable bonds is 5. The van der Waals surface area contributed by atoms with E-state index in [0.717, 1.165) is 30.4 Å². The van der Waals surface area contributed by atoms with Gasteiger partial charge in [-0.25, -0.2) is 9.37 Å². The lowest BCUT2D eigenvalue weighted by molar-refractivity contribution is -0.117. The van der Waals surface area contributed by atoms with Gasteiger partial charge in [0.05, 0.1) is 6.20 Å². The summed E-state index contributed by atoms with van der Waals surface area (Å²) in [5, 5.41) is 3.09. The van der Waals surface area contributed by atoms with Crippen LogP contribution in [0.4, 0.5) is 21.8 Å². The van der Waals surface area contributed by atoms with Gasteiger partial charge in [0.25, 0.3) is 0 Å². The molecule has 24 heavy (non-hydrogen) atoms. The molecule has 1 aromatic carbocycles. The maximum atomic E-state index is 13.6. The Kier molecular flexibility index (Phi) is 4.59. The van der Waals surface area contributed by atoms with Gasteiger partial charge in [-0.1, -0.05) is 12.1 Å². The quantitative estimate of drug-likeness (QED) is 0.913. The van der Waals surface area contributed by atoms with Crippen molar-refractivity contribution in [3.8, 4) is 0 Å². The number of aromatic nitrogens is 2. The zero-order valence-electron chi connectivity index (χ0n) is 13.8. The molecular weight excluding hydrogens is 309 g/mol. The molecule has 1 fully saturated rings. The van der Waals surface area contributed by atoms with Gasteiger partial charge in [0.2, 0.25) is 11.9 Å². The zero-order valence-corrected chi connectivity index (χ0v) is 13.8. The number of carbonyl (C=O) groups excluding carboxylic acids is 1. The highest BCUT2D eigenvalue weighted by atomic mass is 19.1. The van der Waals surface area contributed by atoms with Crippen LogP contribution in [-0.4, -0.2) is 36.5 Å². The summed E-state index contributed by atoms with van der Waals surface area (Å²) in [5.41, 5.74) is 1.96. The molecule has 1 aromatic heterocycles. The second-order valence-electron chi connectivity index (χ2n) is 5.93. The van der Waals surface area contributed by atoms with Gasteiger partial charge >= 0.3 is 0 Å². The van der Waals surface area contributed by atoms with Crippen molar-refractivity contribution in [2.75, 3.05) is 35.8 Å². The van der Waals surface area contributed by atoms with Gasteiger partial charge in [-0.2, -0.15) is 4.98 Å². The summed E-state index contributed by atoms with van der Waals surface area (Å²) >= 11 is 0. The van der Waals surface area contributed by atoms with Crippen LogP contribution in [0, 0.1) is 5.82 Å². The van der Waals surface area contributed by atoms with Gasteiger partial charge < -0.3 is 15.1 Å². The van der Waals surface area contributed by atoms with E-state index in [-0.39, 0.29) is 11.7 Å². The molecular formula is C17H20FN5O. The molecule has 0 aliphatic carbocycles. The van der Waals surface area contributed by atoms with Crippen LogP contribution in [0.15, 0.2) is 30.5 Å². The van der Waals surface area contributed by atoms with Crippen LogP contribution in [0.3, 0.4) is 0 Å². The number of hydrogen-bond donors (Lipinski definition) is 1. The first-order valence-corrected chi connectivity index (χ1v) is 7.87. The van der Waals surface area contributed by atoms with E-state index >= 15 is 0 Å². The van der Waals surface area contributed by atoms with Crippen LogP contribution in [0.5, 0.6) is 0 Å². The molecule has 1 saturated heterocycles. The first kappa shape index (κ1) is 16.2. The van der Waals surface area contributed by atoms with E-state index in [0.29, 0.717) is 18.9 Å². The van der Waals surface area contributed by atoms with E-state index in [9.17, 15) is 9.18 Å². The molecule has 0 saturated carbocycles. The summed E-state index contributed by atoms with van der Waals surface area (Å²) in [7, 11) is 3.46. The van der Waals surface area contributed by atoms with Crippen LogP contribution in [0.1, 0.15) is 18.4 Å². The predicted octanol–water partition coefficient (Wildman–Crippen LogP) is 2.42. The Hall–Kier alpha value is -2.70. The number of nitrogens with zero attached hydrogens (tertiary/aromatic N) is 4. The molecule has 0 bridgehead atoms. The van der Waals surface area contributed by atoms with Crippen LogP contribution in [-0.2, 0) is 11.3 Å². The fourth-order valence-electron chi connectivity index (χ4n) is 2.65. The molecule has 6 nitrogen and oxygen atoms in total. The molecule has 2 heterocycles. The molecule has 1 aliphatic heterocycles. The summed E-state index contributed by atoms with van der Waals surface area (Å²) in [4.78, 5) is 23.3. The van der Waals surface area contributed by atoms with Crippen molar-refractivity contribution in [3.05, 3.63) is 41.8 Å². The second kappa shape index (κ2) is 6.82. The maximum Gasteiger partial charge on any atom is 0.227 e. The highest BCUT2D eigenvalue weighted by molar-refractivity contribution is 5.95. The Bertz CT molecular complexity index is 732. The van der Waals surface area contributed by atoms with E-state index in [1.165, 1.54) is 0 Å². The number of benzene rings is 1. The molecule has 1 N–H and O–H groups in total. The van der Waals surface area contributed by atoms with E-state index in [2.05, 4.69) is 15.3 Å². The Balaban J connectivity index is 1.65. The average molecular weight is 329 g/mol. The Morgan fingerprint density at radius 3 is 2.67 bits per heavy atom. The lowest BCUT2D eigenvalue weighted by Gasteiger charge is -2.16. The number of hydrogen-bond acceptors (Lipinski definition) is 5. The fourth-order valence-corrected chi connectivity index (χ4v) is 2.65. The van der Waals surface area contributed by atoms with Gasteiger partial charge in [-0.15, -0.1) is 0 Å². The first-order chi connectivity index (χ1) is 11.5. The van der Waals surface area contributed by atoms with Gasteiger partial charge in [-0.05, 0) is 24.1 Å². The Morgan fingerprint density at radius 2 is 2.04 bits per heavy atom. The van der Waals surface area contributed by atoms with Crippen LogP contribution in [0.2, 0.25) is 0 Å². The van der Waals surface area contributed by atoms with Crippen LogP contribution >= 0.6 is 0 Å². The largest absolute Gasteiger partial charge is 0.360 e. The van der Waals surface area contributed by atoms with Crippen LogP contribution < -0.4 is 15.1 Å². The van der Waals surface area contributed by atoms with Gasteiger partial charge in [0.1, 0.15) is 0 Å². The average Bonchev–Trinajstić information content (AvgIpc) is 3.00. The Morgan fingerprint density at radius 1 is 1.29 bits per heavy atom. The number of nitrogens with one attached hydrogen (secondary N) is 1. The lowest BCUT2D eigenvalue weighted by atomic mass is 10.2. The minimum absolute atomic E-state index is 0.178. The van der Waals surface area contributed by atoms with Crippen molar-refractivity contribution in [1.82, 2.24) is 9.97 Å². The SMILES string of the molecule is CN(C)c1nc(NCc2ccc(N3CCCC3=O)cc2)ncc1F. The lowest BCUT2D eigenvalue weighted by Crippen LogP contribution is -2.23. The minimum atomic E-state index is -0.454. The summed E-state index contributed by atoms with van der Waals surface area (Å²) in [6.07, 6.45) is 2.70. The van der Waals surface area contributed by atoms with Crippen LogP contribution in [0.25, 0.3) is 0 Å². The monoisotopic (exact) mass is 329 g/mol. The number of anilines is 3. The smallest absolute Gasteiger partial charge is 0.227 e. The molecule has 1 aliphatic rings. The summed E-state index contributed by atoms with van der Waals surface area (Å²) < 4.78 is 13.6. The fraction of sp³-hybridized carbons (Fsp3) is 0.353. The topological polar surface area (TPSA) is 61.4 Å². The standard InChI is InChI=1S/C17H20FN5O/c1-22(2)16-14(18)11-20-17(21-16)19-10-12-5-7-13(8-6-12)23-9-3-4-15(23)24/h5-8,11H,3-4,9-10H2,1-2H3,(H,19,20,21). The van der Waals surface area contributed by atoms with Crippen molar-refractivity contribution in [3.63, 3.8) is 0 Å². The van der Waals surface area contributed by atoms with Gasteiger partial charge in [0, 0.05) is 39.3 Å². The molecule has 0 spiro atoms. The second-order valence-corrected chi connectivity index (χ2v) is 5.93. The van der Waals surface area contributed by atoms with E-state index in [4.69, 9.17) is 0 Å². The third-order valence-corrected chi connectivity index (χ3v) is 3.92. The van der Waals surface area contributed by atoms with Crippen molar-refractivity contribution >= 4 is 23.4 Å². The van der Waals surface area contributed by atoms with Crippen molar-refractivity contribution in [2.24, 2.45) is 0 Å².